The number of H-pyrrole nitrogens is 1. The van der Waals surface area contributed by atoms with E-state index in [1.54, 1.807) is 54.7 Å². The molecular formula is C67H100N18O14S2. The van der Waals surface area contributed by atoms with Crippen LogP contribution in [0.5, 0.6) is 5.75 Å². The molecule has 0 spiro atoms. The third-order valence-electron chi connectivity index (χ3n) is 17.4. The number of aromatic amines is 1. The summed E-state index contributed by atoms with van der Waals surface area (Å²) in [5.74, 6) is -10.2. The highest BCUT2D eigenvalue weighted by Crippen LogP contribution is 2.25. The van der Waals surface area contributed by atoms with Crippen LogP contribution in [-0.2, 0) is 67.2 Å². The van der Waals surface area contributed by atoms with Crippen LogP contribution in [0.1, 0.15) is 69.1 Å². The molecule has 9 amide bonds. The molecule has 0 radical (unpaired) electrons. The van der Waals surface area contributed by atoms with Gasteiger partial charge in [-0.1, -0.05) is 82.3 Å². The number of nitrogens with one attached hydrogen (secondary N) is 16. The van der Waals surface area contributed by atoms with Crippen molar-refractivity contribution in [2.75, 3.05) is 90.0 Å². The number of aliphatic carboxylic acids is 1. The number of fused-ring (bicyclic) bond motifs is 7. The smallest absolute Gasteiger partial charge is 0.328 e. The monoisotopic (exact) mass is 1440 g/mol. The molecule has 3 aromatic carbocycles. The van der Waals surface area contributed by atoms with Crippen molar-refractivity contribution in [2.24, 2.45) is 11.5 Å². The van der Waals surface area contributed by atoms with E-state index in [4.69, 9.17) is 11.5 Å². The van der Waals surface area contributed by atoms with Crippen molar-refractivity contribution >= 4 is 91.6 Å². The van der Waals surface area contributed by atoms with Crippen molar-refractivity contribution in [1.29, 1.82) is 0 Å². The molecule has 0 aliphatic carbocycles. The number of hydrogen-bond acceptors (Lipinski definition) is 23. The Balaban J connectivity index is 1.20. The molecule has 3 fully saturated rings. The Kier molecular flexibility index (Phi) is 32.3. The summed E-state index contributed by atoms with van der Waals surface area (Å²) in [4.78, 5) is 147. The molecule has 2 unspecified atom stereocenters. The average molecular weight is 1450 g/mol. The molecule has 32 nitrogen and oxygen atoms in total. The SMILES string of the molecule is CC(O)[C@H](NC(=O)[C@@H]1CSSC[C@H](NC(=O)[C@@H](Cc2ccccc2)NC(=O)CCCC(=O)NC23CNCCNCC(N)(CNCCNC2)NCCNC3)C(=O)N[C@@H](Cc2ccc(O)cc2)C(=O)N[C@H](Cc2c[nH]c3ccccc23)C(=O)N[C@@H](CCCCN)C(=O)N[C@@H](C(C)O)C(=O)N1)C(=O)O. The van der Waals surface area contributed by atoms with E-state index >= 15 is 14.4 Å². The number of carbonyl (C=O) groups is 10. The average Bonchev–Trinajstić information content (AvgIpc) is 1.79. The highest BCUT2D eigenvalue weighted by atomic mass is 33.1. The molecule has 24 N–H and O–H groups in total. The van der Waals surface area contributed by atoms with Crippen LogP contribution in [0.4, 0.5) is 0 Å². The van der Waals surface area contributed by atoms with Crippen molar-refractivity contribution < 1.29 is 68.4 Å². The minimum Gasteiger partial charge on any atom is -0.508 e. The lowest BCUT2D eigenvalue weighted by molar-refractivity contribution is -0.145. The number of carboxylic acid groups (broad SMARTS) is 1. The normalized spacial score (nSPS) is 25.0. The summed E-state index contributed by atoms with van der Waals surface area (Å²) in [7, 11) is 1.76. The number of nitrogens with two attached hydrogens (primary N) is 2. The fourth-order valence-corrected chi connectivity index (χ4v) is 14.1. The molecule has 0 saturated carbocycles. The van der Waals surface area contributed by atoms with Crippen LogP contribution in [-0.4, -0.2) is 246 Å². The van der Waals surface area contributed by atoms with Gasteiger partial charge in [0.2, 0.25) is 53.2 Å². The minimum atomic E-state index is -1.88. The number of aromatic nitrogens is 1. The van der Waals surface area contributed by atoms with Gasteiger partial charge in [-0.05, 0) is 81.0 Å². The first-order chi connectivity index (χ1) is 48.4. The number of benzene rings is 3. The van der Waals surface area contributed by atoms with Crippen molar-refractivity contribution in [3.63, 3.8) is 0 Å². The first kappa shape index (κ1) is 80.3. The summed E-state index contributed by atoms with van der Waals surface area (Å²) in [6.07, 6.45) is -1.77. The van der Waals surface area contributed by atoms with Gasteiger partial charge >= 0.3 is 5.97 Å². The largest absolute Gasteiger partial charge is 0.508 e. The number of para-hydroxylation sites is 1. The number of aliphatic hydroxyl groups excluding tert-OH is 2. The predicted octanol–water partition coefficient (Wildman–Crippen LogP) is -4.60. The molecule has 1 aromatic heterocycles. The maximum absolute atomic E-state index is 15.3. The van der Waals surface area contributed by atoms with Crippen molar-refractivity contribution in [3.8, 4) is 5.75 Å². The number of carboxylic acids is 1. The molecule has 3 saturated heterocycles. The lowest BCUT2D eigenvalue weighted by Gasteiger charge is -2.36. The zero-order valence-corrected chi connectivity index (χ0v) is 58.6. The second kappa shape index (κ2) is 40.6. The summed E-state index contributed by atoms with van der Waals surface area (Å²) in [6, 6.07) is 8.85. The van der Waals surface area contributed by atoms with Gasteiger partial charge in [0.1, 0.15) is 48.0 Å². The van der Waals surface area contributed by atoms with Crippen molar-refractivity contribution in [2.45, 2.75) is 143 Å². The molecule has 10 atom stereocenters. The lowest BCUT2D eigenvalue weighted by atomic mass is 9.97. The Bertz CT molecular complexity index is 3380. The first-order valence-corrected chi connectivity index (χ1v) is 36.6. The lowest BCUT2D eigenvalue weighted by Crippen LogP contribution is -2.66. The summed E-state index contributed by atoms with van der Waals surface area (Å²) in [5, 5.41) is 87.4. The molecular weight excluding hydrogens is 1340 g/mol. The minimum absolute atomic E-state index is 0.0596. The summed E-state index contributed by atoms with van der Waals surface area (Å²) >= 11 is 0. The van der Waals surface area contributed by atoms with Crippen LogP contribution in [0.15, 0.2) is 85.1 Å². The van der Waals surface area contributed by atoms with E-state index in [1.165, 1.54) is 31.2 Å². The summed E-state index contributed by atoms with van der Waals surface area (Å²) < 4.78 is 0. The zero-order chi connectivity index (χ0) is 72.9. The number of aliphatic hydroxyl groups is 2. The van der Waals surface area contributed by atoms with Gasteiger partial charge in [0.05, 0.1) is 23.4 Å². The summed E-state index contributed by atoms with van der Waals surface area (Å²) in [5.41, 5.74) is 13.4. The van der Waals surface area contributed by atoms with Crippen molar-refractivity contribution in [3.05, 3.63) is 102 Å². The number of amides is 9. The molecule has 34 heteroatoms. The third kappa shape index (κ3) is 26.1. The number of phenolic OH excluding ortho intramolecular Hbond substituents is 1. The van der Waals surface area contributed by atoms with Crippen molar-refractivity contribution in [1.82, 2.24) is 84.7 Å². The maximum atomic E-state index is 15.3. The van der Waals surface area contributed by atoms with E-state index in [2.05, 4.69) is 84.7 Å². The topological polar surface area (TPSA) is 500 Å². The molecule has 2 bridgehead atoms. The van der Waals surface area contributed by atoms with Crippen LogP contribution in [0, 0.1) is 0 Å². The molecule has 7 rings (SSSR count). The molecule has 4 aromatic rings. The van der Waals surface area contributed by atoms with E-state index < -0.39 is 131 Å². The molecule has 4 heterocycles. The number of unbranched alkanes of at least 4 members (excludes halogenated alkanes) is 1. The second-order valence-electron chi connectivity index (χ2n) is 25.8. The van der Waals surface area contributed by atoms with Gasteiger partial charge in [0, 0.05) is 133 Å². The Morgan fingerprint density at radius 1 is 0.624 bits per heavy atom. The number of carbonyl (C=O) groups excluding carboxylic acids is 9. The van der Waals surface area contributed by atoms with Crippen LogP contribution in [0.3, 0.4) is 0 Å². The van der Waals surface area contributed by atoms with E-state index in [9.17, 15) is 54.0 Å². The van der Waals surface area contributed by atoms with E-state index in [1.807, 2.05) is 6.07 Å². The maximum Gasteiger partial charge on any atom is 0.328 e. The van der Waals surface area contributed by atoms with Crippen LogP contribution in [0.2, 0.25) is 0 Å². The van der Waals surface area contributed by atoms with Gasteiger partial charge in [-0.15, -0.1) is 0 Å². The Morgan fingerprint density at radius 3 is 1.85 bits per heavy atom. The standard InChI is InChI=1S/C67H100N18O14S2/c1-40(86)56-64(97)82-53(63(96)84-57(41(2)87)65(98)99)34-101-100-33-52(62(95)79-50(30-43-18-20-45(88)21-19-43)60(93)80-51(31-44-32-75-47-14-7-6-13-46(44)47)61(94)78-48(58(91)83-56)15-8-9-22-68)81-59(92)49(29-42-11-4-3-5-12-42)77-54(89)16-10-17-55(90)85-66-35-70-23-25-73-38-67(69,76-28-27-72-37-66)39-74-26-24-71-36-66/h3-7,11-14,18-21,32,40-41,48-53,56-57,70-76,86-88H,8-10,15-17,22-31,33-39,68-69H2,1-2H3,(H,77,89)(H,78,94)(H,79,95)(H,80,93)(H,81,92)(H,82,97)(H,83,91)(H,84,96)(H,85,90)(H,98,99)/t40?,41?,48-,49+,50-,51+,52-,53-,56-,57-,66?,67?/m0/s1. The number of rotatable bonds is 23. The Hall–Kier alpha value is -8.00. The van der Waals surface area contributed by atoms with Gasteiger partial charge in [0.25, 0.3) is 0 Å². The molecule has 101 heavy (non-hydrogen) atoms. The van der Waals surface area contributed by atoms with Gasteiger partial charge in [0.15, 0.2) is 6.04 Å². The van der Waals surface area contributed by atoms with Crippen LogP contribution < -0.4 is 91.2 Å². The molecule has 3 aliphatic heterocycles. The number of hydrogen-bond donors (Lipinski definition) is 22. The number of phenols is 1. The molecule has 3 aliphatic rings. The van der Waals surface area contributed by atoms with Gasteiger partial charge < -0.3 is 111 Å². The quantitative estimate of drug-likeness (QED) is 0.0245. The van der Waals surface area contributed by atoms with Gasteiger partial charge in [-0.3, -0.25) is 48.5 Å². The first-order valence-electron chi connectivity index (χ1n) is 34.1. The summed E-state index contributed by atoms with van der Waals surface area (Å²) in [6.45, 7) is 8.37. The predicted molar refractivity (Wildman–Crippen MR) is 382 cm³/mol. The fourth-order valence-electron chi connectivity index (χ4n) is 11.8. The fraction of sp³-hybridized carbons (Fsp3) is 0.552. The third-order valence-corrected chi connectivity index (χ3v) is 19.8. The Morgan fingerprint density at radius 2 is 1.21 bits per heavy atom. The van der Waals surface area contributed by atoms with Crippen LogP contribution >= 0.6 is 21.6 Å². The molecule has 554 valence electrons. The second-order valence-corrected chi connectivity index (χ2v) is 28.4. The van der Waals surface area contributed by atoms with E-state index in [0.29, 0.717) is 106 Å². The van der Waals surface area contributed by atoms with E-state index in [-0.39, 0.29) is 75.3 Å². The van der Waals surface area contributed by atoms with Gasteiger partial charge in [-0.25, -0.2) is 4.79 Å². The van der Waals surface area contributed by atoms with Crippen LogP contribution in [0.25, 0.3) is 10.9 Å². The number of aromatic hydroxyl groups is 1. The highest BCUT2D eigenvalue weighted by Gasteiger charge is 2.39. The van der Waals surface area contributed by atoms with E-state index in [0.717, 1.165) is 28.5 Å². The zero-order valence-electron chi connectivity index (χ0n) is 57.0. The van der Waals surface area contributed by atoms with Gasteiger partial charge in [-0.2, -0.15) is 0 Å². The Labute approximate surface area is 594 Å². The highest BCUT2D eigenvalue weighted by molar-refractivity contribution is 8.76.